The van der Waals surface area contributed by atoms with Crippen LogP contribution in [0.4, 0.5) is 0 Å². The zero-order valence-electron chi connectivity index (χ0n) is 14.4. The highest BCUT2D eigenvalue weighted by Gasteiger charge is 2.04. The molecule has 130 valence electrons. The van der Waals surface area contributed by atoms with Gasteiger partial charge in [-0.15, -0.1) is 0 Å². The van der Waals surface area contributed by atoms with Crippen LogP contribution in [-0.4, -0.2) is 22.3 Å². The van der Waals surface area contributed by atoms with E-state index in [4.69, 9.17) is 5.11 Å². The molecule has 0 aromatic carbocycles. The third-order valence-corrected chi connectivity index (χ3v) is 3.33. The maximum atomic E-state index is 10.4. The lowest BCUT2D eigenvalue weighted by atomic mass is 10.1. The lowest BCUT2D eigenvalue weighted by Gasteiger charge is -2.04. The van der Waals surface area contributed by atoms with Crippen LogP contribution in [0.1, 0.15) is 64.7 Å². The van der Waals surface area contributed by atoms with Gasteiger partial charge >= 0.3 is 5.97 Å². The average molecular weight is 320 g/mol. The van der Waals surface area contributed by atoms with Crippen molar-refractivity contribution in [2.24, 2.45) is 0 Å². The van der Waals surface area contributed by atoms with Gasteiger partial charge in [0, 0.05) is 6.42 Å². The van der Waals surface area contributed by atoms with Crippen molar-refractivity contribution in [1.29, 1.82) is 0 Å². The molecule has 0 aliphatic rings. The number of hydrogen-bond acceptors (Lipinski definition) is 2. The van der Waals surface area contributed by atoms with E-state index in [0.717, 1.165) is 12.8 Å². The summed E-state index contributed by atoms with van der Waals surface area (Å²) in [4.78, 5) is 10.4. The summed E-state index contributed by atoms with van der Waals surface area (Å²) in [6, 6.07) is 0. The van der Waals surface area contributed by atoms with Crippen LogP contribution in [0.15, 0.2) is 48.6 Å². The molecule has 1 unspecified atom stereocenters. The standard InChI is InChI=1S/C20H32O3/c1-2-3-4-5-6-7-8-9-10-11-12-13-14-15-16-19(21)17-18-20(22)23/h6-7,9-10,12-15,19,21H,2-5,8,11,16-18H2,1H3,(H,22,23). The smallest absolute Gasteiger partial charge is 0.303 e. The number of allylic oxidation sites excluding steroid dienone is 7. The molecular weight excluding hydrogens is 288 g/mol. The number of carboxylic acids is 1. The van der Waals surface area contributed by atoms with E-state index in [-0.39, 0.29) is 6.42 Å². The van der Waals surface area contributed by atoms with Crippen LogP contribution in [0.5, 0.6) is 0 Å². The molecule has 0 radical (unpaired) electrons. The normalized spacial score (nSPS) is 13.8. The first kappa shape index (κ1) is 21.4. The Hall–Kier alpha value is -1.61. The molecule has 0 rings (SSSR count). The number of rotatable bonds is 14. The fraction of sp³-hybridized carbons (Fsp3) is 0.550. The van der Waals surface area contributed by atoms with Crippen molar-refractivity contribution in [2.75, 3.05) is 0 Å². The van der Waals surface area contributed by atoms with Crippen LogP contribution < -0.4 is 0 Å². The Labute approximate surface area is 141 Å². The molecule has 0 saturated carbocycles. The summed E-state index contributed by atoms with van der Waals surface area (Å²) in [6.07, 6.45) is 23.8. The summed E-state index contributed by atoms with van der Waals surface area (Å²) in [6.45, 7) is 2.22. The third kappa shape index (κ3) is 18.3. The number of unbranched alkanes of at least 4 members (excludes halogenated alkanes) is 3. The second-order valence-corrected chi connectivity index (χ2v) is 5.59. The number of aliphatic hydroxyl groups excluding tert-OH is 1. The average Bonchev–Trinajstić information content (AvgIpc) is 2.53. The van der Waals surface area contributed by atoms with Gasteiger partial charge in [-0.1, -0.05) is 68.4 Å². The van der Waals surface area contributed by atoms with E-state index in [1.165, 1.54) is 25.7 Å². The SMILES string of the molecule is CCCCCC=CCC=CCC=CC=CCC(O)CCC(=O)O. The predicted octanol–water partition coefficient (Wildman–Crippen LogP) is 5.19. The molecule has 3 nitrogen and oxygen atoms in total. The summed E-state index contributed by atoms with van der Waals surface area (Å²) in [5.41, 5.74) is 0. The van der Waals surface area contributed by atoms with Crippen LogP contribution in [0.3, 0.4) is 0 Å². The summed E-state index contributed by atoms with van der Waals surface area (Å²) in [5.74, 6) is -0.865. The molecule has 0 bridgehead atoms. The molecule has 0 aromatic heterocycles. The first-order valence-electron chi connectivity index (χ1n) is 8.68. The Bertz CT molecular complexity index is 392. The Kier molecular flexibility index (Phi) is 15.6. The van der Waals surface area contributed by atoms with Crippen molar-refractivity contribution in [3.8, 4) is 0 Å². The zero-order chi connectivity index (χ0) is 17.2. The number of aliphatic carboxylic acids is 1. The topological polar surface area (TPSA) is 57.5 Å². The van der Waals surface area contributed by atoms with Gasteiger partial charge in [-0.05, 0) is 38.5 Å². The molecule has 0 saturated heterocycles. The fourth-order valence-corrected chi connectivity index (χ4v) is 1.96. The first-order chi connectivity index (χ1) is 11.2. The van der Waals surface area contributed by atoms with Crippen LogP contribution in [0.2, 0.25) is 0 Å². The number of aliphatic hydroxyl groups is 1. The second kappa shape index (κ2) is 16.8. The van der Waals surface area contributed by atoms with Crippen LogP contribution in [0, 0.1) is 0 Å². The number of hydrogen-bond donors (Lipinski definition) is 2. The summed E-state index contributed by atoms with van der Waals surface area (Å²) in [5, 5.41) is 18.0. The Morgan fingerprint density at radius 1 is 0.957 bits per heavy atom. The fourth-order valence-electron chi connectivity index (χ4n) is 1.96. The van der Waals surface area contributed by atoms with Gasteiger partial charge in [-0.3, -0.25) is 4.79 Å². The molecule has 3 heteroatoms. The summed E-state index contributed by atoms with van der Waals surface area (Å²) in [7, 11) is 0. The zero-order valence-corrected chi connectivity index (χ0v) is 14.4. The van der Waals surface area contributed by atoms with Crippen LogP contribution in [-0.2, 0) is 4.79 Å². The van der Waals surface area contributed by atoms with Crippen molar-refractivity contribution >= 4 is 5.97 Å². The van der Waals surface area contributed by atoms with Crippen molar-refractivity contribution < 1.29 is 15.0 Å². The second-order valence-electron chi connectivity index (χ2n) is 5.59. The Morgan fingerprint density at radius 3 is 2.30 bits per heavy atom. The third-order valence-electron chi connectivity index (χ3n) is 3.33. The van der Waals surface area contributed by atoms with E-state index in [1.807, 2.05) is 18.2 Å². The molecule has 0 aliphatic heterocycles. The monoisotopic (exact) mass is 320 g/mol. The first-order valence-corrected chi connectivity index (χ1v) is 8.68. The largest absolute Gasteiger partial charge is 0.481 e. The van der Waals surface area contributed by atoms with Crippen molar-refractivity contribution in [1.82, 2.24) is 0 Å². The molecule has 0 aromatic rings. The molecule has 0 fully saturated rings. The highest BCUT2D eigenvalue weighted by atomic mass is 16.4. The highest BCUT2D eigenvalue weighted by molar-refractivity contribution is 5.66. The quantitative estimate of drug-likeness (QED) is 0.263. The van der Waals surface area contributed by atoms with E-state index >= 15 is 0 Å². The minimum Gasteiger partial charge on any atom is -0.481 e. The minimum absolute atomic E-state index is 0.0166. The Morgan fingerprint density at radius 2 is 1.61 bits per heavy atom. The summed E-state index contributed by atoms with van der Waals surface area (Å²) >= 11 is 0. The van der Waals surface area contributed by atoms with Gasteiger partial charge < -0.3 is 10.2 Å². The molecule has 0 spiro atoms. The van der Waals surface area contributed by atoms with Gasteiger partial charge in [-0.25, -0.2) is 0 Å². The molecule has 2 N–H and O–H groups in total. The highest BCUT2D eigenvalue weighted by Crippen LogP contribution is 2.03. The molecule has 0 heterocycles. The maximum absolute atomic E-state index is 10.4. The van der Waals surface area contributed by atoms with Gasteiger partial charge in [-0.2, -0.15) is 0 Å². The van der Waals surface area contributed by atoms with Gasteiger partial charge in [0.2, 0.25) is 0 Å². The molecule has 0 aliphatic carbocycles. The van der Waals surface area contributed by atoms with Crippen molar-refractivity contribution in [3.05, 3.63) is 48.6 Å². The van der Waals surface area contributed by atoms with Gasteiger partial charge in [0.1, 0.15) is 0 Å². The van der Waals surface area contributed by atoms with Gasteiger partial charge in [0.05, 0.1) is 6.10 Å². The van der Waals surface area contributed by atoms with E-state index in [2.05, 4.69) is 37.3 Å². The van der Waals surface area contributed by atoms with E-state index in [9.17, 15) is 9.90 Å². The van der Waals surface area contributed by atoms with E-state index in [0.29, 0.717) is 12.8 Å². The van der Waals surface area contributed by atoms with Gasteiger partial charge in [0.25, 0.3) is 0 Å². The predicted molar refractivity (Wildman–Crippen MR) is 97.4 cm³/mol. The molecule has 23 heavy (non-hydrogen) atoms. The summed E-state index contributed by atoms with van der Waals surface area (Å²) < 4.78 is 0. The van der Waals surface area contributed by atoms with Crippen molar-refractivity contribution in [2.45, 2.75) is 70.8 Å². The van der Waals surface area contributed by atoms with E-state index < -0.39 is 12.1 Å². The molecule has 1 atom stereocenters. The van der Waals surface area contributed by atoms with Gasteiger partial charge in [0.15, 0.2) is 0 Å². The maximum Gasteiger partial charge on any atom is 0.303 e. The minimum atomic E-state index is -0.865. The molecule has 0 amide bonds. The van der Waals surface area contributed by atoms with E-state index in [1.54, 1.807) is 0 Å². The Balaban J connectivity index is 3.56. The lowest BCUT2D eigenvalue weighted by molar-refractivity contribution is -0.137. The number of carboxylic acid groups (broad SMARTS) is 1. The van der Waals surface area contributed by atoms with Crippen LogP contribution in [0.25, 0.3) is 0 Å². The lowest BCUT2D eigenvalue weighted by Crippen LogP contribution is -2.07. The van der Waals surface area contributed by atoms with Crippen molar-refractivity contribution in [3.63, 3.8) is 0 Å². The van der Waals surface area contributed by atoms with Crippen LogP contribution >= 0.6 is 0 Å². The molecular formula is C20H32O3. The number of carbonyl (C=O) groups is 1.